The summed E-state index contributed by atoms with van der Waals surface area (Å²) in [5, 5.41) is 9.54. The normalized spacial score (nSPS) is 26.8. The molecule has 2 aliphatic carbocycles. The van der Waals surface area contributed by atoms with Gasteiger partial charge in [0, 0.05) is 5.54 Å². The summed E-state index contributed by atoms with van der Waals surface area (Å²) in [6, 6.07) is 15.5. The zero-order chi connectivity index (χ0) is 19.6. The first-order valence-corrected chi connectivity index (χ1v) is 10.7. The van der Waals surface area contributed by atoms with Crippen LogP contribution in [-0.2, 0) is 19.3 Å². The highest BCUT2D eigenvalue weighted by Gasteiger charge is 2.36. The number of hydrogen-bond acceptors (Lipinski definition) is 3. The molecule has 0 amide bonds. The minimum Gasteiger partial charge on any atom is -0.496 e. The first kappa shape index (κ1) is 19.5. The Bertz CT molecular complexity index is 818. The Balaban J connectivity index is 1.38. The molecule has 3 nitrogen and oxygen atoms in total. The molecule has 2 aromatic carbocycles. The van der Waals surface area contributed by atoms with Gasteiger partial charge in [0.25, 0.3) is 0 Å². The van der Waals surface area contributed by atoms with Gasteiger partial charge in [0.15, 0.2) is 0 Å². The minimum absolute atomic E-state index is 0.0995. The predicted octanol–water partition coefficient (Wildman–Crippen LogP) is 4.39. The summed E-state index contributed by atoms with van der Waals surface area (Å²) >= 11 is 0. The molecule has 150 valence electrons. The fourth-order valence-corrected chi connectivity index (χ4v) is 5.20. The highest BCUT2D eigenvalue weighted by Crippen LogP contribution is 2.41. The van der Waals surface area contributed by atoms with E-state index in [1.807, 2.05) is 6.07 Å². The maximum atomic E-state index is 9.54. The fraction of sp³-hybridized carbons (Fsp3) is 0.520. The van der Waals surface area contributed by atoms with E-state index >= 15 is 0 Å². The second kappa shape index (κ2) is 8.26. The molecule has 28 heavy (non-hydrogen) atoms. The molecule has 0 bridgehead atoms. The van der Waals surface area contributed by atoms with Crippen molar-refractivity contribution in [3.05, 3.63) is 64.7 Å². The van der Waals surface area contributed by atoms with Crippen molar-refractivity contribution in [1.29, 1.82) is 0 Å². The van der Waals surface area contributed by atoms with E-state index in [0.717, 1.165) is 37.4 Å². The van der Waals surface area contributed by atoms with Crippen LogP contribution >= 0.6 is 0 Å². The Morgan fingerprint density at radius 3 is 2.79 bits per heavy atom. The molecule has 0 heterocycles. The Labute approximate surface area is 168 Å². The van der Waals surface area contributed by atoms with Gasteiger partial charge in [-0.25, -0.2) is 0 Å². The number of fused-ring (bicyclic) bond motifs is 1. The van der Waals surface area contributed by atoms with E-state index in [1.165, 1.54) is 47.9 Å². The van der Waals surface area contributed by atoms with Gasteiger partial charge in [0.05, 0.1) is 13.7 Å². The standard InChI is InChI=1S/C25H33NO2/c1-28-24-5-3-2-4-19(24)8-6-18-7-9-21-15-22(11-10-20(21)14-18)23-12-13-25(26,16-23)17-27/h2-5,10-11,15,18,23,27H,6-9,12-14,16-17,26H2,1H3/t18-,23-,25+/m0/s1. The van der Waals surface area contributed by atoms with Gasteiger partial charge in [-0.05, 0) is 91.5 Å². The lowest BCUT2D eigenvalue weighted by Gasteiger charge is -2.26. The zero-order valence-electron chi connectivity index (χ0n) is 17.0. The van der Waals surface area contributed by atoms with Gasteiger partial charge < -0.3 is 15.6 Å². The third-order valence-corrected chi connectivity index (χ3v) is 7.01. The molecular formula is C25H33NO2. The monoisotopic (exact) mass is 379 g/mol. The van der Waals surface area contributed by atoms with Crippen LogP contribution in [-0.4, -0.2) is 24.4 Å². The van der Waals surface area contributed by atoms with Crippen molar-refractivity contribution in [1.82, 2.24) is 0 Å². The Hall–Kier alpha value is -1.84. The largest absolute Gasteiger partial charge is 0.496 e. The third kappa shape index (κ3) is 4.11. The number of benzene rings is 2. The number of methoxy groups -OCH3 is 1. The first-order valence-electron chi connectivity index (χ1n) is 10.7. The van der Waals surface area contributed by atoms with Crippen LogP contribution in [0.2, 0.25) is 0 Å². The SMILES string of the molecule is COc1ccccc1CC[C@H]1CCc2cc([C@H]3CC[C@](N)(CO)C3)ccc2C1. The van der Waals surface area contributed by atoms with Crippen molar-refractivity contribution in [2.45, 2.75) is 62.8 Å². The average molecular weight is 380 g/mol. The van der Waals surface area contributed by atoms with Crippen LogP contribution in [0.1, 0.15) is 60.3 Å². The molecule has 2 aliphatic rings. The Morgan fingerprint density at radius 2 is 2.00 bits per heavy atom. The molecule has 3 N–H and O–H groups in total. The second-order valence-electron chi connectivity index (χ2n) is 8.95. The number of aliphatic hydroxyl groups excluding tert-OH is 1. The maximum absolute atomic E-state index is 9.54. The zero-order valence-corrected chi connectivity index (χ0v) is 17.0. The van der Waals surface area contributed by atoms with Crippen molar-refractivity contribution in [3.8, 4) is 5.75 Å². The number of para-hydroxylation sites is 1. The summed E-state index contributed by atoms with van der Waals surface area (Å²) in [4.78, 5) is 0. The second-order valence-corrected chi connectivity index (χ2v) is 8.95. The number of nitrogens with two attached hydrogens (primary N) is 1. The van der Waals surface area contributed by atoms with Crippen LogP contribution < -0.4 is 10.5 Å². The lowest BCUT2D eigenvalue weighted by Crippen LogP contribution is -2.40. The van der Waals surface area contributed by atoms with E-state index in [2.05, 4.69) is 36.4 Å². The molecule has 0 aliphatic heterocycles. The summed E-state index contributed by atoms with van der Waals surface area (Å²) in [6.07, 6.45) is 8.87. The summed E-state index contributed by atoms with van der Waals surface area (Å²) in [7, 11) is 1.76. The topological polar surface area (TPSA) is 55.5 Å². The van der Waals surface area contributed by atoms with Crippen molar-refractivity contribution < 1.29 is 9.84 Å². The van der Waals surface area contributed by atoms with Crippen LogP contribution in [0.5, 0.6) is 5.75 Å². The van der Waals surface area contributed by atoms with Crippen LogP contribution in [0.3, 0.4) is 0 Å². The van der Waals surface area contributed by atoms with Gasteiger partial charge in [-0.1, -0.05) is 36.4 Å². The molecule has 2 aromatic rings. The lowest BCUT2D eigenvalue weighted by atomic mass is 9.79. The summed E-state index contributed by atoms with van der Waals surface area (Å²) in [6.45, 7) is 0.0995. The van der Waals surface area contributed by atoms with Crippen LogP contribution in [0.15, 0.2) is 42.5 Å². The number of rotatable bonds is 6. The number of hydrogen-bond donors (Lipinski definition) is 2. The van der Waals surface area contributed by atoms with E-state index in [1.54, 1.807) is 7.11 Å². The van der Waals surface area contributed by atoms with Gasteiger partial charge in [0.1, 0.15) is 5.75 Å². The molecule has 3 atom stereocenters. The fourth-order valence-electron chi connectivity index (χ4n) is 5.20. The molecule has 1 saturated carbocycles. The van der Waals surface area contributed by atoms with Crippen molar-refractivity contribution in [2.24, 2.45) is 11.7 Å². The average Bonchev–Trinajstić information content (AvgIpc) is 3.14. The summed E-state index contributed by atoms with van der Waals surface area (Å²) in [5.74, 6) is 2.27. The molecule has 4 rings (SSSR count). The van der Waals surface area contributed by atoms with Gasteiger partial charge in [0.2, 0.25) is 0 Å². The van der Waals surface area contributed by atoms with Gasteiger partial charge >= 0.3 is 0 Å². The predicted molar refractivity (Wildman–Crippen MR) is 114 cm³/mol. The van der Waals surface area contributed by atoms with E-state index in [0.29, 0.717) is 5.92 Å². The van der Waals surface area contributed by atoms with E-state index in [9.17, 15) is 5.11 Å². The Morgan fingerprint density at radius 1 is 1.14 bits per heavy atom. The van der Waals surface area contributed by atoms with Crippen LogP contribution in [0, 0.1) is 5.92 Å². The van der Waals surface area contributed by atoms with Crippen molar-refractivity contribution >= 4 is 0 Å². The van der Waals surface area contributed by atoms with E-state index in [-0.39, 0.29) is 12.1 Å². The number of aliphatic hydroxyl groups is 1. The van der Waals surface area contributed by atoms with Crippen LogP contribution in [0.4, 0.5) is 0 Å². The molecule has 0 spiro atoms. The first-order chi connectivity index (χ1) is 13.6. The summed E-state index contributed by atoms with van der Waals surface area (Å²) < 4.78 is 5.50. The highest BCUT2D eigenvalue weighted by atomic mass is 16.5. The molecule has 0 unspecified atom stereocenters. The molecule has 0 radical (unpaired) electrons. The van der Waals surface area contributed by atoms with Gasteiger partial charge in [-0.3, -0.25) is 0 Å². The minimum atomic E-state index is -0.371. The lowest BCUT2D eigenvalue weighted by molar-refractivity contribution is 0.198. The molecule has 0 aromatic heterocycles. The molecule has 3 heteroatoms. The molecular weight excluding hydrogens is 346 g/mol. The van der Waals surface area contributed by atoms with Crippen molar-refractivity contribution in [3.63, 3.8) is 0 Å². The van der Waals surface area contributed by atoms with Crippen LogP contribution in [0.25, 0.3) is 0 Å². The van der Waals surface area contributed by atoms with Gasteiger partial charge in [-0.15, -0.1) is 0 Å². The molecule has 1 fully saturated rings. The quantitative estimate of drug-likeness (QED) is 0.783. The third-order valence-electron chi connectivity index (χ3n) is 7.01. The maximum Gasteiger partial charge on any atom is 0.122 e. The summed E-state index contributed by atoms with van der Waals surface area (Å²) in [5.41, 5.74) is 11.7. The highest BCUT2D eigenvalue weighted by molar-refractivity contribution is 5.37. The van der Waals surface area contributed by atoms with Crippen molar-refractivity contribution in [2.75, 3.05) is 13.7 Å². The van der Waals surface area contributed by atoms with E-state index in [4.69, 9.17) is 10.5 Å². The molecule has 0 saturated heterocycles. The smallest absolute Gasteiger partial charge is 0.122 e. The number of ether oxygens (including phenoxy) is 1. The Kier molecular flexibility index (Phi) is 5.75. The van der Waals surface area contributed by atoms with E-state index < -0.39 is 0 Å². The van der Waals surface area contributed by atoms with Gasteiger partial charge in [-0.2, -0.15) is 0 Å². The number of aryl methyl sites for hydroxylation is 2.